The summed E-state index contributed by atoms with van der Waals surface area (Å²) in [5, 5.41) is 4.22. The van der Waals surface area contributed by atoms with Gasteiger partial charge in [-0.05, 0) is 30.5 Å². The molecule has 0 aliphatic heterocycles. The number of carbonyl (C=O) groups excluding carboxylic acids is 1. The maximum atomic E-state index is 12.1. The van der Waals surface area contributed by atoms with Crippen LogP contribution in [0.3, 0.4) is 0 Å². The Morgan fingerprint density at radius 1 is 1.07 bits per heavy atom. The van der Waals surface area contributed by atoms with Crippen molar-refractivity contribution in [2.45, 2.75) is 31.1 Å². The largest absolute Gasteiger partial charge is 0.368 e. The lowest BCUT2D eigenvalue weighted by Crippen LogP contribution is -2.36. The molecular formula is C21H18N6O2. The predicted molar refractivity (Wildman–Crippen MR) is 105 cm³/mol. The maximum absolute atomic E-state index is 12.1. The molecule has 3 heterocycles. The van der Waals surface area contributed by atoms with Gasteiger partial charge in [-0.3, -0.25) is 9.78 Å². The van der Waals surface area contributed by atoms with Crippen LogP contribution in [0.2, 0.25) is 0 Å². The summed E-state index contributed by atoms with van der Waals surface area (Å²) in [7, 11) is 0. The zero-order valence-corrected chi connectivity index (χ0v) is 15.6. The number of aromatic nitrogens is 5. The fourth-order valence-corrected chi connectivity index (χ4v) is 3.75. The number of hydrogen-bond acceptors (Lipinski definition) is 8. The zero-order valence-electron chi connectivity index (χ0n) is 15.6. The van der Waals surface area contributed by atoms with Crippen LogP contribution < -0.4 is 5.73 Å². The third-order valence-electron chi connectivity index (χ3n) is 5.58. The Bertz CT molecular complexity index is 1120. The van der Waals surface area contributed by atoms with E-state index < -0.39 is 0 Å². The van der Waals surface area contributed by atoms with E-state index in [1.165, 1.54) is 0 Å². The van der Waals surface area contributed by atoms with E-state index in [1.807, 2.05) is 30.5 Å². The molecule has 2 aliphatic rings. The highest BCUT2D eigenvalue weighted by Crippen LogP contribution is 2.48. The van der Waals surface area contributed by atoms with Crippen molar-refractivity contribution in [3.63, 3.8) is 0 Å². The van der Waals surface area contributed by atoms with Crippen LogP contribution in [-0.2, 0) is 10.2 Å². The second-order valence-electron chi connectivity index (χ2n) is 7.26. The first-order valence-corrected chi connectivity index (χ1v) is 9.45. The van der Waals surface area contributed by atoms with E-state index in [2.05, 4.69) is 25.1 Å². The van der Waals surface area contributed by atoms with Crippen molar-refractivity contribution < 1.29 is 9.32 Å². The van der Waals surface area contributed by atoms with Crippen molar-refractivity contribution >= 4 is 17.3 Å². The summed E-state index contributed by atoms with van der Waals surface area (Å²) in [4.78, 5) is 29.3. The number of nitrogens with two attached hydrogens (primary N) is 1. The van der Waals surface area contributed by atoms with Gasteiger partial charge in [0.15, 0.2) is 11.6 Å². The highest BCUT2D eigenvalue weighted by atomic mass is 16.5. The quantitative estimate of drug-likeness (QED) is 0.726. The van der Waals surface area contributed by atoms with E-state index in [0.29, 0.717) is 17.8 Å². The summed E-state index contributed by atoms with van der Waals surface area (Å²) in [6.45, 7) is 0. The van der Waals surface area contributed by atoms with Gasteiger partial charge in [0.2, 0.25) is 5.95 Å². The topological polar surface area (TPSA) is 121 Å². The van der Waals surface area contributed by atoms with Gasteiger partial charge in [0.1, 0.15) is 0 Å². The van der Waals surface area contributed by atoms with Crippen LogP contribution in [0.25, 0.3) is 16.8 Å². The second-order valence-corrected chi connectivity index (χ2v) is 7.26. The minimum Gasteiger partial charge on any atom is -0.368 e. The van der Waals surface area contributed by atoms with Crippen LogP contribution >= 0.6 is 0 Å². The first kappa shape index (κ1) is 17.4. The molecule has 0 atom stereocenters. The molecule has 3 aromatic rings. The van der Waals surface area contributed by atoms with E-state index in [1.54, 1.807) is 18.5 Å². The molecule has 0 radical (unpaired) electrons. The van der Waals surface area contributed by atoms with E-state index in [9.17, 15) is 4.79 Å². The molecule has 0 unspecified atom stereocenters. The number of nitrogen functional groups attached to an aromatic ring is 1. The summed E-state index contributed by atoms with van der Waals surface area (Å²) in [5.74, 6) is 1.10. The van der Waals surface area contributed by atoms with Crippen LogP contribution in [-0.4, -0.2) is 30.9 Å². The van der Waals surface area contributed by atoms with E-state index in [-0.39, 0.29) is 23.0 Å². The molecule has 0 bridgehead atoms. The highest BCUT2D eigenvalue weighted by Gasteiger charge is 2.45. The van der Waals surface area contributed by atoms with Gasteiger partial charge < -0.3 is 10.3 Å². The first-order valence-electron chi connectivity index (χ1n) is 9.45. The lowest BCUT2D eigenvalue weighted by Gasteiger charge is -2.39. The molecular weight excluding hydrogens is 368 g/mol. The number of pyridine rings is 1. The average molecular weight is 386 g/mol. The monoisotopic (exact) mass is 386 g/mol. The van der Waals surface area contributed by atoms with Crippen LogP contribution in [0, 0.1) is 0 Å². The molecule has 8 nitrogen and oxygen atoms in total. The fourth-order valence-electron chi connectivity index (χ4n) is 3.75. The highest BCUT2D eigenvalue weighted by molar-refractivity contribution is 6.21. The molecule has 3 aromatic heterocycles. The van der Waals surface area contributed by atoms with Crippen molar-refractivity contribution in [2.24, 2.45) is 0 Å². The number of anilines is 1. The Morgan fingerprint density at radius 3 is 2.55 bits per heavy atom. The van der Waals surface area contributed by atoms with Crippen LogP contribution in [0.15, 0.2) is 53.5 Å². The smallest absolute Gasteiger partial charge is 0.261 e. The van der Waals surface area contributed by atoms with E-state index >= 15 is 0 Å². The molecule has 1 saturated carbocycles. The Morgan fingerprint density at radius 2 is 1.90 bits per heavy atom. The van der Waals surface area contributed by atoms with Gasteiger partial charge in [0.05, 0.1) is 16.7 Å². The molecule has 0 aromatic carbocycles. The SMILES string of the molecule is Nc1ncc(-c2ccc(C3(c4noc(C5=CC=CCC5=O)n4)CCC3)cn2)cn1. The normalized spacial score (nSPS) is 17.7. The van der Waals surface area contributed by atoms with Gasteiger partial charge in [-0.15, -0.1) is 0 Å². The molecule has 0 spiro atoms. The van der Waals surface area contributed by atoms with Gasteiger partial charge in [0, 0.05) is 30.6 Å². The molecule has 2 N–H and O–H groups in total. The number of ketones is 1. The number of Topliss-reactive ketones (excluding diaryl/α,β-unsaturated/α-hetero) is 1. The Labute approximate surface area is 166 Å². The molecule has 2 aliphatic carbocycles. The second kappa shape index (κ2) is 6.73. The van der Waals surface area contributed by atoms with Crippen molar-refractivity contribution in [3.8, 4) is 11.3 Å². The van der Waals surface area contributed by atoms with Crippen LogP contribution in [0.4, 0.5) is 5.95 Å². The lowest BCUT2D eigenvalue weighted by molar-refractivity contribution is -0.113. The Kier molecular flexibility index (Phi) is 4.04. The summed E-state index contributed by atoms with van der Waals surface area (Å²) < 4.78 is 5.45. The summed E-state index contributed by atoms with van der Waals surface area (Å²) in [5.41, 5.74) is 8.27. The molecule has 5 rings (SSSR count). The van der Waals surface area contributed by atoms with Crippen molar-refractivity contribution in [2.75, 3.05) is 5.73 Å². The summed E-state index contributed by atoms with van der Waals surface area (Å²) in [6, 6.07) is 3.96. The molecule has 8 heteroatoms. The van der Waals surface area contributed by atoms with Gasteiger partial charge >= 0.3 is 0 Å². The summed E-state index contributed by atoms with van der Waals surface area (Å²) >= 11 is 0. The number of allylic oxidation sites excluding steroid dienone is 4. The zero-order chi connectivity index (χ0) is 19.8. The third-order valence-corrected chi connectivity index (χ3v) is 5.58. The van der Waals surface area contributed by atoms with E-state index in [0.717, 1.165) is 36.1 Å². The van der Waals surface area contributed by atoms with Gasteiger partial charge in [-0.25, -0.2) is 9.97 Å². The predicted octanol–water partition coefficient (Wildman–Crippen LogP) is 2.89. The number of hydrogen-bond donors (Lipinski definition) is 1. The van der Waals surface area contributed by atoms with E-state index in [4.69, 9.17) is 10.3 Å². The van der Waals surface area contributed by atoms with Crippen molar-refractivity contribution in [3.05, 3.63) is 66.2 Å². The van der Waals surface area contributed by atoms with Gasteiger partial charge in [0.25, 0.3) is 5.89 Å². The fraction of sp³-hybridized carbons (Fsp3) is 0.238. The van der Waals surface area contributed by atoms with Gasteiger partial charge in [-0.2, -0.15) is 4.98 Å². The number of nitrogens with zero attached hydrogens (tertiary/aromatic N) is 5. The standard InChI is InChI=1S/C21H18N6O2/c22-20-24-10-13(11-25-20)16-7-6-14(12-23-16)21(8-3-9-21)19-26-18(29-27-19)15-4-1-2-5-17(15)28/h1-2,4,6-7,10-12H,3,5,8-9H2,(H2,22,24,25). The lowest BCUT2D eigenvalue weighted by atomic mass is 9.64. The summed E-state index contributed by atoms with van der Waals surface area (Å²) in [6.07, 6.45) is 13.8. The maximum Gasteiger partial charge on any atom is 0.261 e. The molecule has 0 amide bonds. The Balaban J connectivity index is 1.46. The van der Waals surface area contributed by atoms with Crippen LogP contribution in [0.5, 0.6) is 0 Å². The van der Waals surface area contributed by atoms with Crippen molar-refractivity contribution in [1.29, 1.82) is 0 Å². The average Bonchev–Trinajstić information content (AvgIpc) is 3.19. The van der Waals surface area contributed by atoms with Crippen molar-refractivity contribution in [1.82, 2.24) is 25.1 Å². The van der Waals surface area contributed by atoms with Crippen LogP contribution in [0.1, 0.15) is 43.0 Å². The first-order chi connectivity index (χ1) is 14.2. The molecule has 29 heavy (non-hydrogen) atoms. The minimum absolute atomic E-state index is 0.0119. The Hall–Kier alpha value is -3.68. The van der Waals surface area contributed by atoms with Gasteiger partial charge in [-0.1, -0.05) is 29.8 Å². The number of carbonyl (C=O) groups is 1. The molecule has 0 saturated heterocycles. The third kappa shape index (κ3) is 2.93. The number of rotatable bonds is 4. The molecule has 144 valence electrons. The minimum atomic E-state index is -0.334. The molecule has 1 fully saturated rings.